The predicted octanol–water partition coefficient (Wildman–Crippen LogP) is 3.13. The van der Waals surface area contributed by atoms with Gasteiger partial charge in [-0.1, -0.05) is 25.8 Å². The second kappa shape index (κ2) is 6.41. The van der Waals surface area contributed by atoms with Crippen LogP contribution in [0.4, 0.5) is 0 Å². The molecule has 0 radical (unpaired) electrons. The molecule has 2 heteroatoms. The maximum atomic E-state index is 10.8. The highest BCUT2D eigenvalue weighted by Crippen LogP contribution is 2.15. The topological polar surface area (TPSA) is 17.1 Å². The minimum absolute atomic E-state index is 0.00545. The molecule has 0 N–H and O–H groups in total. The molecule has 1 unspecified atom stereocenters. The first kappa shape index (κ1) is 10.7. The van der Waals surface area contributed by atoms with E-state index in [0.29, 0.717) is 6.42 Å². The number of unbranched alkanes of at least 4 members (excludes halogenated alkanes) is 1. The van der Waals surface area contributed by atoms with Crippen molar-refractivity contribution in [1.82, 2.24) is 0 Å². The number of carbonyl (C=O) groups is 1. The van der Waals surface area contributed by atoms with Gasteiger partial charge in [0.15, 0.2) is 0 Å². The lowest BCUT2D eigenvalue weighted by atomic mass is 10.0. The van der Waals surface area contributed by atoms with E-state index in [1.165, 1.54) is 0 Å². The molecule has 11 heavy (non-hydrogen) atoms. The SMILES string of the molecule is C=CCC(CCCC)C(=O)Cl. The predicted molar refractivity (Wildman–Crippen MR) is 48.7 cm³/mol. The second-order valence-corrected chi connectivity index (χ2v) is 3.04. The lowest BCUT2D eigenvalue weighted by Gasteiger charge is -2.07. The third-order valence-electron chi connectivity index (χ3n) is 1.68. The van der Waals surface area contributed by atoms with Gasteiger partial charge >= 0.3 is 0 Å². The molecule has 1 nitrogen and oxygen atoms in total. The molecule has 0 spiro atoms. The summed E-state index contributed by atoms with van der Waals surface area (Å²) in [6.45, 7) is 5.68. The maximum Gasteiger partial charge on any atom is 0.225 e. The fraction of sp³-hybridized carbons (Fsp3) is 0.667. The van der Waals surface area contributed by atoms with Gasteiger partial charge in [-0.25, -0.2) is 0 Å². The zero-order chi connectivity index (χ0) is 8.69. The molecule has 0 saturated carbocycles. The molecule has 0 saturated heterocycles. The Balaban J connectivity index is 3.69. The number of hydrogen-bond acceptors (Lipinski definition) is 1. The highest BCUT2D eigenvalue weighted by Gasteiger charge is 2.12. The molecule has 0 aromatic rings. The van der Waals surface area contributed by atoms with Crippen LogP contribution in [0.25, 0.3) is 0 Å². The van der Waals surface area contributed by atoms with E-state index in [9.17, 15) is 4.79 Å². The van der Waals surface area contributed by atoms with Crippen molar-refractivity contribution in [2.45, 2.75) is 32.6 Å². The van der Waals surface area contributed by atoms with Gasteiger partial charge in [-0.05, 0) is 24.4 Å². The van der Waals surface area contributed by atoms with Crippen molar-refractivity contribution in [2.24, 2.45) is 5.92 Å². The van der Waals surface area contributed by atoms with Crippen molar-refractivity contribution < 1.29 is 4.79 Å². The molecule has 0 rings (SSSR count). The van der Waals surface area contributed by atoms with Crippen molar-refractivity contribution in [2.75, 3.05) is 0 Å². The summed E-state index contributed by atoms with van der Waals surface area (Å²) in [5.74, 6) is -0.00545. The minimum atomic E-state index is -0.224. The summed E-state index contributed by atoms with van der Waals surface area (Å²) in [7, 11) is 0. The van der Waals surface area contributed by atoms with Gasteiger partial charge in [-0.3, -0.25) is 4.79 Å². The summed E-state index contributed by atoms with van der Waals surface area (Å²) >= 11 is 5.37. The Bertz CT molecular complexity index is 132. The van der Waals surface area contributed by atoms with Crippen molar-refractivity contribution >= 4 is 16.8 Å². The van der Waals surface area contributed by atoms with Gasteiger partial charge in [-0.15, -0.1) is 6.58 Å². The zero-order valence-electron chi connectivity index (χ0n) is 6.98. The van der Waals surface area contributed by atoms with E-state index >= 15 is 0 Å². The quantitative estimate of drug-likeness (QED) is 0.447. The molecule has 0 aliphatic rings. The standard InChI is InChI=1S/C9H15ClO/c1-3-5-7-8(6-4-2)9(10)11/h4,8H,2-3,5-7H2,1H3. The van der Waals surface area contributed by atoms with E-state index in [0.717, 1.165) is 19.3 Å². The Labute approximate surface area is 73.4 Å². The summed E-state index contributed by atoms with van der Waals surface area (Å²) in [4.78, 5) is 10.8. The van der Waals surface area contributed by atoms with Crippen molar-refractivity contribution in [1.29, 1.82) is 0 Å². The monoisotopic (exact) mass is 174 g/mol. The van der Waals surface area contributed by atoms with Crippen LogP contribution in [0.3, 0.4) is 0 Å². The largest absolute Gasteiger partial charge is 0.281 e. The molecule has 0 aromatic carbocycles. The van der Waals surface area contributed by atoms with Crippen LogP contribution in [-0.2, 0) is 4.79 Å². The Kier molecular flexibility index (Phi) is 6.24. The van der Waals surface area contributed by atoms with Crippen LogP contribution >= 0.6 is 11.6 Å². The zero-order valence-corrected chi connectivity index (χ0v) is 7.73. The Morgan fingerprint density at radius 2 is 2.36 bits per heavy atom. The number of halogens is 1. The van der Waals surface area contributed by atoms with E-state index in [2.05, 4.69) is 13.5 Å². The summed E-state index contributed by atoms with van der Waals surface area (Å²) < 4.78 is 0. The summed E-state index contributed by atoms with van der Waals surface area (Å²) in [6.07, 6.45) is 5.53. The molecule has 0 heterocycles. The third kappa shape index (κ3) is 5.02. The van der Waals surface area contributed by atoms with E-state index < -0.39 is 0 Å². The minimum Gasteiger partial charge on any atom is -0.281 e. The van der Waals surface area contributed by atoms with Gasteiger partial charge in [0, 0.05) is 5.92 Å². The van der Waals surface area contributed by atoms with Crippen LogP contribution < -0.4 is 0 Å². The molecular formula is C9H15ClO. The molecule has 0 aliphatic heterocycles. The lowest BCUT2D eigenvalue weighted by Crippen LogP contribution is -2.07. The smallest absolute Gasteiger partial charge is 0.225 e. The van der Waals surface area contributed by atoms with E-state index in [-0.39, 0.29) is 11.2 Å². The first-order chi connectivity index (χ1) is 5.22. The molecule has 64 valence electrons. The number of rotatable bonds is 6. The number of carbonyl (C=O) groups excluding carboxylic acids is 1. The van der Waals surface area contributed by atoms with E-state index in [4.69, 9.17) is 11.6 Å². The van der Waals surface area contributed by atoms with Crippen molar-refractivity contribution in [3.63, 3.8) is 0 Å². The highest BCUT2D eigenvalue weighted by molar-refractivity contribution is 6.63. The molecular weight excluding hydrogens is 160 g/mol. The van der Waals surface area contributed by atoms with Crippen LogP contribution in [0, 0.1) is 5.92 Å². The molecule has 0 aliphatic carbocycles. The van der Waals surface area contributed by atoms with Crippen LogP contribution in [0.1, 0.15) is 32.6 Å². The Morgan fingerprint density at radius 1 is 1.73 bits per heavy atom. The average Bonchev–Trinajstić information content (AvgIpc) is 1.97. The lowest BCUT2D eigenvalue weighted by molar-refractivity contribution is -0.115. The van der Waals surface area contributed by atoms with Gasteiger partial charge in [0.05, 0.1) is 0 Å². The van der Waals surface area contributed by atoms with Crippen molar-refractivity contribution in [3.8, 4) is 0 Å². The number of allylic oxidation sites excluding steroid dienone is 1. The molecule has 0 amide bonds. The molecule has 0 fully saturated rings. The summed E-state index contributed by atoms with van der Waals surface area (Å²) in [5, 5.41) is -0.224. The molecule has 0 aromatic heterocycles. The van der Waals surface area contributed by atoms with Gasteiger partial charge in [0.1, 0.15) is 0 Å². The third-order valence-corrected chi connectivity index (χ3v) is 1.99. The van der Waals surface area contributed by atoms with Gasteiger partial charge in [-0.2, -0.15) is 0 Å². The van der Waals surface area contributed by atoms with Crippen molar-refractivity contribution in [3.05, 3.63) is 12.7 Å². The first-order valence-corrected chi connectivity index (χ1v) is 4.40. The second-order valence-electron chi connectivity index (χ2n) is 2.67. The van der Waals surface area contributed by atoms with Gasteiger partial charge in [0.25, 0.3) is 0 Å². The highest BCUT2D eigenvalue weighted by atomic mass is 35.5. The Morgan fingerprint density at radius 3 is 2.73 bits per heavy atom. The van der Waals surface area contributed by atoms with Crippen LogP contribution in [0.15, 0.2) is 12.7 Å². The Hall–Kier alpha value is -0.300. The fourth-order valence-corrected chi connectivity index (χ4v) is 1.17. The van der Waals surface area contributed by atoms with Crippen LogP contribution in [-0.4, -0.2) is 5.24 Å². The normalized spacial score (nSPS) is 12.5. The van der Waals surface area contributed by atoms with E-state index in [1.807, 2.05) is 0 Å². The molecule has 0 bridgehead atoms. The van der Waals surface area contributed by atoms with E-state index in [1.54, 1.807) is 6.08 Å². The van der Waals surface area contributed by atoms with Gasteiger partial charge in [0.2, 0.25) is 5.24 Å². The van der Waals surface area contributed by atoms with Gasteiger partial charge < -0.3 is 0 Å². The van der Waals surface area contributed by atoms with Crippen LogP contribution in [0.5, 0.6) is 0 Å². The van der Waals surface area contributed by atoms with Crippen LogP contribution in [0.2, 0.25) is 0 Å². The first-order valence-electron chi connectivity index (χ1n) is 4.02. The average molecular weight is 175 g/mol. The molecule has 1 atom stereocenters. The summed E-state index contributed by atoms with van der Waals surface area (Å²) in [6, 6.07) is 0. The number of hydrogen-bond donors (Lipinski definition) is 0. The maximum absolute atomic E-state index is 10.8. The fourth-order valence-electron chi connectivity index (χ4n) is 0.976. The summed E-state index contributed by atoms with van der Waals surface area (Å²) in [5.41, 5.74) is 0.